The third-order valence-electron chi connectivity index (χ3n) is 4.28. The number of furan rings is 1. The van der Waals surface area contributed by atoms with E-state index in [2.05, 4.69) is 4.90 Å². The second kappa shape index (κ2) is 4.65. The normalized spacial score (nSPS) is 29.2. The molecule has 3 heteroatoms. The first-order valence-electron chi connectivity index (χ1n) is 6.65. The van der Waals surface area contributed by atoms with Gasteiger partial charge in [0, 0.05) is 6.04 Å². The van der Waals surface area contributed by atoms with Gasteiger partial charge in [0.2, 0.25) is 0 Å². The Labute approximate surface area is 102 Å². The third-order valence-corrected chi connectivity index (χ3v) is 4.28. The molecule has 2 fully saturated rings. The van der Waals surface area contributed by atoms with E-state index in [0.717, 1.165) is 30.6 Å². The molecule has 1 aromatic rings. The summed E-state index contributed by atoms with van der Waals surface area (Å²) in [4.78, 5) is 13.1. The Hall–Kier alpha value is -1.09. The average molecular weight is 233 g/mol. The molecule has 0 aromatic carbocycles. The Morgan fingerprint density at radius 3 is 3.00 bits per heavy atom. The maximum atomic E-state index is 10.6. The van der Waals surface area contributed by atoms with Crippen molar-refractivity contribution in [1.82, 2.24) is 4.90 Å². The zero-order chi connectivity index (χ0) is 11.7. The Bertz CT molecular complexity index is 399. The van der Waals surface area contributed by atoms with Gasteiger partial charge in [0.25, 0.3) is 0 Å². The summed E-state index contributed by atoms with van der Waals surface area (Å²) in [6, 6.07) is 4.45. The number of rotatable bonds is 3. The molecule has 2 atom stereocenters. The van der Waals surface area contributed by atoms with Crippen molar-refractivity contribution in [1.29, 1.82) is 0 Å². The molecule has 1 aliphatic heterocycles. The summed E-state index contributed by atoms with van der Waals surface area (Å²) in [6.07, 6.45) is 7.63. The summed E-state index contributed by atoms with van der Waals surface area (Å²) in [6.45, 7) is 2.06. The van der Waals surface area contributed by atoms with Crippen LogP contribution in [0.1, 0.15) is 48.4 Å². The smallest absolute Gasteiger partial charge is 0.185 e. The fraction of sp³-hybridized carbons (Fsp3) is 0.643. The summed E-state index contributed by atoms with van der Waals surface area (Å²) < 4.78 is 5.46. The molecular formula is C14H19NO2. The summed E-state index contributed by atoms with van der Waals surface area (Å²) in [5.74, 6) is 2.28. The highest BCUT2D eigenvalue weighted by Gasteiger charge is 2.35. The fourth-order valence-corrected chi connectivity index (χ4v) is 3.44. The van der Waals surface area contributed by atoms with Crippen LogP contribution in [0.4, 0.5) is 0 Å². The molecule has 1 saturated carbocycles. The van der Waals surface area contributed by atoms with Gasteiger partial charge in [-0.25, -0.2) is 0 Å². The highest BCUT2D eigenvalue weighted by molar-refractivity contribution is 5.70. The number of hydrogen-bond acceptors (Lipinski definition) is 3. The van der Waals surface area contributed by atoms with Gasteiger partial charge in [-0.15, -0.1) is 0 Å². The molecule has 1 saturated heterocycles. The van der Waals surface area contributed by atoms with Crippen molar-refractivity contribution in [3.05, 3.63) is 23.7 Å². The van der Waals surface area contributed by atoms with E-state index in [9.17, 15) is 4.79 Å². The van der Waals surface area contributed by atoms with Crippen LogP contribution in [0.3, 0.4) is 0 Å². The fourth-order valence-electron chi connectivity index (χ4n) is 3.44. The van der Waals surface area contributed by atoms with Crippen molar-refractivity contribution >= 4 is 6.29 Å². The van der Waals surface area contributed by atoms with Crippen LogP contribution in [-0.4, -0.2) is 23.8 Å². The van der Waals surface area contributed by atoms with E-state index < -0.39 is 0 Å². The highest BCUT2D eigenvalue weighted by Crippen LogP contribution is 2.36. The lowest BCUT2D eigenvalue weighted by Gasteiger charge is -2.31. The van der Waals surface area contributed by atoms with Crippen LogP contribution in [0, 0.1) is 5.92 Å². The molecule has 1 aliphatic carbocycles. The third kappa shape index (κ3) is 2.16. The summed E-state index contributed by atoms with van der Waals surface area (Å²) in [5, 5.41) is 0. The van der Waals surface area contributed by atoms with E-state index in [1.807, 2.05) is 6.07 Å². The molecule has 0 N–H and O–H groups in total. The predicted molar refractivity (Wildman–Crippen MR) is 64.9 cm³/mol. The molecule has 2 aliphatic rings. The Morgan fingerprint density at radius 2 is 2.18 bits per heavy atom. The lowest BCUT2D eigenvalue weighted by molar-refractivity contribution is 0.109. The SMILES string of the molecule is O=Cc1ccc(CN2CCC3CCCCC32)o1. The second-order valence-corrected chi connectivity index (χ2v) is 5.29. The van der Waals surface area contributed by atoms with Crippen molar-refractivity contribution in [2.75, 3.05) is 6.54 Å². The van der Waals surface area contributed by atoms with Gasteiger partial charge in [0.05, 0.1) is 6.54 Å². The van der Waals surface area contributed by atoms with Gasteiger partial charge >= 0.3 is 0 Å². The van der Waals surface area contributed by atoms with E-state index >= 15 is 0 Å². The maximum Gasteiger partial charge on any atom is 0.185 e. The lowest BCUT2D eigenvalue weighted by atomic mass is 9.85. The molecule has 0 radical (unpaired) electrons. The molecule has 17 heavy (non-hydrogen) atoms. The van der Waals surface area contributed by atoms with Crippen molar-refractivity contribution in [2.24, 2.45) is 5.92 Å². The first-order valence-corrected chi connectivity index (χ1v) is 6.65. The largest absolute Gasteiger partial charge is 0.457 e. The van der Waals surface area contributed by atoms with Crippen LogP contribution in [-0.2, 0) is 6.54 Å². The Morgan fingerprint density at radius 1 is 1.29 bits per heavy atom. The number of carbonyl (C=O) groups excluding carboxylic acids is 1. The number of likely N-dealkylation sites (tertiary alicyclic amines) is 1. The second-order valence-electron chi connectivity index (χ2n) is 5.29. The van der Waals surface area contributed by atoms with Gasteiger partial charge in [-0.3, -0.25) is 9.69 Å². The monoisotopic (exact) mass is 233 g/mol. The molecule has 3 rings (SSSR count). The molecule has 92 valence electrons. The molecule has 0 bridgehead atoms. The molecule has 1 aromatic heterocycles. The van der Waals surface area contributed by atoms with Gasteiger partial charge in [0.15, 0.2) is 12.0 Å². The molecule has 3 nitrogen and oxygen atoms in total. The predicted octanol–water partition coefficient (Wildman–Crippen LogP) is 2.86. The van der Waals surface area contributed by atoms with Crippen molar-refractivity contribution in [3.8, 4) is 0 Å². The van der Waals surface area contributed by atoms with E-state index in [0.29, 0.717) is 5.76 Å². The number of hydrogen-bond donors (Lipinski definition) is 0. The number of carbonyl (C=O) groups is 1. The molecular weight excluding hydrogens is 214 g/mol. The van der Waals surface area contributed by atoms with Crippen LogP contribution in [0.5, 0.6) is 0 Å². The quantitative estimate of drug-likeness (QED) is 0.753. The van der Waals surface area contributed by atoms with Crippen LogP contribution >= 0.6 is 0 Å². The Kier molecular flexibility index (Phi) is 3.02. The van der Waals surface area contributed by atoms with Gasteiger partial charge in [0.1, 0.15) is 5.76 Å². The zero-order valence-corrected chi connectivity index (χ0v) is 10.1. The standard InChI is InChI=1S/C14H19NO2/c16-10-13-6-5-12(17-13)9-15-8-7-11-3-1-2-4-14(11)15/h5-6,10-11,14H,1-4,7-9H2. The van der Waals surface area contributed by atoms with E-state index in [1.54, 1.807) is 6.07 Å². The van der Waals surface area contributed by atoms with Gasteiger partial charge in [-0.1, -0.05) is 12.8 Å². The lowest BCUT2D eigenvalue weighted by Crippen LogP contribution is -2.34. The van der Waals surface area contributed by atoms with Gasteiger partial charge in [-0.2, -0.15) is 0 Å². The van der Waals surface area contributed by atoms with Crippen LogP contribution in [0.2, 0.25) is 0 Å². The summed E-state index contributed by atoms with van der Waals surface area (Å²) in [7, 11) is 0. The molecule has 0 spiro atoms. The van der Waals surface area contributed by atoms with Crippen LogP contribution < -0.4 is 0 Å². The van der Waals surface area contributed by atoms with E-state index in [1.165, 1.54) is 38.6 Å². The van der Waals surface area contributed by atoms with E-state index in [4.69, 9.17) is 4.42 Å². The minimum atomic E-state index is 0.444. The minimum Gasteiger partial charge on any atom is -0.457 e. The van der Waals surface area contributed by atoms with Crippen molar-refractivity contribution in [2.45, 2.75) is 44.7 Å². The molecule has 0 amide bonds. The first-order chi connectivity index (χ1) is 8.36. The van der Waals surface area contributed by atoms with Crippen molar-refractivity contribution in [3.63, 3.8) is 0 Å². The summed E-state index contributed by atoms with van der Waals surface area (Å²) >= 11 is 0. The van der Waals surface area contributed by atoms with E-state index in [-0.39, 0.29) is 0 Å². The van der Waals surface area contributed by atoms with Crippen LogP contribution in [0.25, 0.3) is 0 Å². The number of nitrogens with zero attached hydrogens (tertiary/aromatic N) is 1. The highest BCUT2D eigenvalue weighted by atomic mass is 16.3. The van der Waals surface area contributed by atoms with Crippen molar-refractivity contribution < 1.29 is 9.21 Å². The number of aldehydes is 1. The molecule has 2 heterocycles. The van der Waals surface area contributed by atoms with Crippen LogP contribution in [0.15, 0.2) is 16.5 Å². The van der Waals surface area contributed by atoms with Gasteiger partial charge < -0.3 is 4.42 Å². The zero-order valence-electron chi connectivity index (χ0n) is 10.1. The molecule has 2 unspecified atom stereocenters. The van der Waals surface area contributed by atoms with Gasteiger partial charge in [-0.05, 0) is 43.9 Å². The first kappa shape index (κ1) is 11.0. The Balaban J connectivity index is 1.66. The maximum absolute atomic E-state index is 10.6. The average Bonchev–Trinajstić information content (AvgIpc) is 2.97. The topological polar surface area (TPSA) is 33.5 Å². The number of fused-ring (bicyclic) bond motifs is 1. The minimum absolute atomic E-state index is 0.444. The summed E-state index contributed by atoms with van der Waals surface area (Å²) in [5.41, 5.74) is 0.